The van der Waals surface area contributed by atoms with E-state index in [-0.39, 0.29) is 11.6 Å². The Kier molecular flexibility index (Phi) is 4.08. The zero-order chi connectivity index (χ0) is 15.6. The molecule has 0 saturated carbocycles. The molecule has 1 atom stereocenters. The van der Waals surface area contributed by atoms with E-state index in [2.05, 4.69) is 17.4 Å². The van der Waals surface area contributed by atoms with Crippen molar-refractivity contribution in [3.63, 3.8) is 0 Å². The fraction of sp³-hybridized carbons (Fsp3) is 0.316. The molecular formula is C19H20FNO. The smallest absolute Gasteiger partial charge is 0.182 e. The van der Waals surface area contributed by atoms with Gasteiger partial charge in [0.1, 0.15) is 5.82 Å². The maximum atomic E-state index is 13.3. The molecule has 2 aromatic carbocycles. The summed E-state index contributed by atoms with van der Waals surface area (Å²) in [4.78, 5) is 12.7. The molecule has 1 aliphatic rings. The maximum absolute atomic E-state index is 13.3. The molecular weight excluding hydrogens is 277 g/mol. The van der Waals surface area contributed by atoms with Gasteiger partial charge in [-0.1, -0.05) is 30.3 Å². The van der Waals surface area contributed by atoms with Crippen molar-refractivity contribution in [3.05, 3.63) is 71.0 Å². The minimum atomic E-state index is -0.556. The Bertz CT molecular complexity index is 683. The van der Waals surface area contributed by atoms with E-state index in [9.17, 15) is 9.18 Å². The summed E-state index contributed by atoms with van der Waals surface area (Å²) in [7, 11) is 0. The molecule has 22 heavy (non-hydrogen) atoms. The summed E-state index contributed by atoms with van der Waals surface area (Å²) >= 11 is 0. The van der Waals surface area contributed by atoms with E-state index >= 15 is 0 Å². The van der Waals surface area contributed by atoms with Crippen LogP contribution in [0, 0.1) is 5.82 Å². The number of rotatable bonds is 4. The topological polar surface area (TPSA) is 29.1 Å². The van der Waals surface area contributed by atoms with Crippen LogP contribution < -0.4 is 5.32 Å². The SMILES string of the molecule is CC1(NCCc2ccccc2)CCc2cc(F)ccc2C1=O. The lowest BCUT2D eigenvalue weighted by Crippen LogP contribution is -2.52. The summed E-state index contributed by atoms with van der Waals surface area (Å²) in [6.45, 7) is 2.70. The fourth-order valence-electron chi connectivity index (χ4n) is 3.08. The highest BCUT2D eigenvalue weighted by Crippen LogP contribution is 2.29. The molecule has 0 aromatic heterocycles. The molecule has 0 fully saturated rings. The number of Topliss-reactive ketones (excluding diaryl/α,β-unsaturated/α-hetero) is 1. The highest BCUT2D eigenvalue weighted by atomic mass is 19.1. The zero-order valence-electron chi connectivity index (χ0n) is 12.7. The fourth-order valence-corrected chi connectivity index (χ4v) is 3.08. The van der Waals surface area contributed by atoms with Crippen molar-refractivity contribution in [3.8, 4) is 0 Å². The van der Waals surface area contributed by atoms with Crippen LogP contribution in [0.3, 0.4) is 0 Å². The lowest BCUT2D eigenvalue weighted by Gasteiger charge is -2.34. The van der Waals surface area contributed by atoms with E-state index in [1.165, 1.54) is 17.7 Å². The summed E-state index contributed by atoms with van der Waals surface area (Å²) in [6, 6.07) is 14.7. The minimum Gasteiger partial charge on any atom is -0.305 e. The number of nitrogens with one attached hydrogen (secondary N) is 1. The molecule has 2 nitrogen and oxygen atoms in total. The lowest BCUT2D eigenvalue weighted by atomic mass is 9.78. The molecule has 0 amide bonds. The monoisotopic (exact) mass is 297 g/mol. The van der Waals surface area contributed by atoms with Crippen LogP contribution in [0.15, 0.2) is 48.5 Å². The second kappa shape index (κ2) is 6.01. The maximum Gasteiger partial charge on any atom is 0.182 e. The summed E-state index contributed by atoms with van der Waals surface area (Å²) < 4.78 is 13.3. The number of hydrogen-bond donors (Lipinski definition) is 1. The summed E-state index contributed by atoms with van der Waals surface area (Å²) in [6.07, 6.45) is 2.32. The lowest BCUT2D eigenvalue weighted by molar-refractivity contribution is 0.0843. The van der Waals surface area contributed by atoms with Gasteiger partial charge in [0.2, 0.25) is 0 Å². The summed E-state index contributed by atoms with van der Waals surface area (Å²) in [5.41, 5.74) is 2.18. The van der Waals surface area contributed by atoms with Gasteiger partial charge in [0.15, 0.2) is 5.78 Å². The van der Waals surface area contributed by atoms with Crippen molar-refractivity contribution in [1.82, 2.24) is 5.32 Å². The molecule has 0 heterocycles. The molecule has 0 bridgehead atoms. The van der Waals surface area contributed by atoms with Gasteiger partial charge in [-0.3, -0.25) is 4.79 Å². The van der Waals surface area contributed by atoms with Crippen LogP contribution in [0.5, 0.6) is 0 Å². The quantitative estimate of drug-likeness (QED) is 0.935. The molecule has 0 aliphatic heterocycles. The number of aryl methyl sites for hydroxylation is 1. The second-order valence-electron chi connectivity index (χ2n) is 6.13. The molecule has 2 aromatic rings. The van der Waals surface area contributed by atoms with Crippen LogP contribution in [-0.2, 0) is 12.8 Å². The van der Waals surface area contributed by atoms with E-state index in [1.807, 2.05) is 25.1 Å². The van der Waals surface area contributed by atoms with Crippen LogP contribution in [0.1, 0.15) is 34.8 Å². The van der Waals surface area contributed by atoms with Gasteiger partial charge >= 0.3 is 0 Å². The summed E-state index contributed by atoms with van der Waals surface area (Å²) in [5.74, 6) is -0.200. The molecule has 3 rings (SSSR count). The first-order valence-electron chi connectivity index (χ1n) is 7.71. The molecule has 1 N–H and O–H groups in total. The Morgan fingerprint density at radius 1 is 1.18 bits per heavy atom. The van der Waals surface area contributed by atoms with Gasteiger partial charge in [-0.15, -0.1) is 0 Å². The Balaban J connectivity index is 1.69. The zero-order valence-corrected chi connectivity index (χ0v) is 12.7. The van der Waals surface area contributed by atoms with E-state index in [1.54, 1.807) is 6.07 Å². The van der Waals surface area contributed by atoms with Gasteiger partial charge in [-0.2, -0.15) is 0 Å². The molecule has 0 radical (unpaired) electrons. The normalized spacial score (nSPS) is 20.7. The van der Waals surface area contributed by atoms with Gasteiger partial charge in [0.05, 0.1) is 5.54 Å². The van der Waals surface area contributed by atoms with Crippen LogP contribution in [0.4, 0.5) is 4.39 Å². The predicted molar refractivity (Wildman–Crippen MR) is 85.6 cm³/mol. The third-order valence-electron chi connectivity index (χ3n) is 4.48. The van der Waals surface area contributed by atoms with Gasteiger partial charge in [-0.25, -0.2) is 4.39 Å². The van der Waals surface area contributed by atoms with Crippen molar-refractivity contribution in [2.45, 2.75) is 31.7 Å². The standard InChI is InChI=1S/C19H20FNO/c1-19(21-12-10-14-5-3-2-4-6-14)11-9-15-13-16(20)7-8-17(15)18(19)22/h2-8,13,21H,9-12H2,1H3. The van der Waals surface area contributed by atoms with Gasteiger partial charge < -0.3 is 5.32 Å². The average Bonchev–Trinajstić information content (AvgIpc) is 2.52. The number of halogens is 1. The van der Waals surface area contributed by atoms with Crippen molar-refractivity contribution in [2.75, 3.05) is 6.54 Å². The van der Waals surface area contributed by atoms with Crippen molar-refractivity contribution < 1.29 is 9.18 Å². The van der Waals surface area contributed by atoms with Crippen LogP contribution in [0.25, 0.3) is 0 Å². The Morgan fingerprint density at radius 3 is 2.73 bits per heavy atom. The van der Waals surface area contributed by atoms with Crippen LogP contribution >= 0.6 is 0 Å². The van der Waals surface area contributed by atoms with E-state index in [4.69, 9.17) is 0 Å². The number of carbonyl (C=O) groups is 1. The van der Waals surface area contributed by atoms with Crippen LogP contribution in [-0.4, -0.2) is 17.9 Å². The third kappa shape index (κ3) is 2.95. The Hall–Kier alpha value is -2.00. The van der Waals surface area contributed by atoms with Crippen molar-refractivity contribution in [2.24, 2.45) is 0 Å². The largest absolute Gasteiger partial charge is 0.305 e. The summed E-state index contributed by atoms with van der Waals surface area (Å²) in [5, 5.41) is 3.41. The first-order chi connectivity index (χ1) is 10.6. The number of carbonyl (C=O) groups excluding carboxylic acids is 1. The number of hydrogen-bond acceptors (Lipinski definition) is 2. The Morgan fingerprint density at radius 2 is 1.95 bits per heavy atom. The first-order valence-corrected chi connectivity index (χ1v) is 7.71. The van der Waals surface area contributed by atoms with Gasteiger partial charge in [0, 0.05) is 12.1 Å². The molecule has 1 aliphatic carbocycles. The van der Waals surface area contributed by atoms with Crippen LogP contribution in [0.2, 0.25) is 0 Å². The molecule has 1 unspecified atom stereocenters. The van der Waals surface area contributed by atoms with Gasteiger partial charge in [-0.05, 0) is 55.5 Å². The van der Waals surface area contributed by atoms with Crippen molar-refractivity contribution in [1.29, 1.82) is 0 Å². The Labute approximate surface area is 130 Å². The van der Waals surface area contributed by atoms with Gasteiger partial charge in [0.25, 0.3) is 0 Å². The number of benzene rings is 2. The van der Waals surface area contributed by atoms with E-state index in [0.717, 1.165) is 24.9 Å². The second-order valence-corrected chi connectivity index (χ2v) is 6.13. The van der Waals surface area contributed by atoms with E-state index in [0.29, 0.717) is 12.0 Å². The van der Waals surface area contributed by atoms with Crippen molar-refractivity contribution >= 4 is 5.78 Å². The first kappa shape index (κ1) is 14.9. The number of ketones is 1. The number of fused-ring (bicyclic) bond motifs is 1. The molecule has 0 spiro atoms. The van der Waals surface area contributed by atoms with E-state index < -0.39 is 5.54 Å². The molecule has 0 saturated heterocycles. The minimum absolute atomic E-state index is 0.0711. The predicted octanol–water partition coefficient (Wildman–Crippen LogP) is 3.55. The average molecular weight is 297 g/mol. The molecule has 114 valence electrons. The third-order valence-corrected chi connectivity index (χ3v) is 4.48. The highest BCUT2D eigenvalue weighted by molar-refractivity contribution is 6.05. The highest BCUT2D eigenvalue weighted by Gasteiger charge is 2.37. The molecule has 3 heteroatoms.